The number of hydrogen-bond donors (Lipinski definition) is 0. The monoisotopic (exact) mass is 280 g/mol. The molecule has 0 atom stereocenters. The van der Waals surface area contributed by atoms with Crippen molar-refractivity contribution in [1.82, 2.24) is 0 Å². The van der Waals surface area contributed by atoms with Gasteiger partial charge in [-0.15, -0.1) is 0 Å². The third-order valence-corrected chi connectivity index (χ3v) is 3.13. The minimum absolute atomic E-state index is 0.217. The average molecular weight is 280 g/mol. The maximum absolute atomic E-state index is 5.94. The normalized spacial score (nSPS) is 14.7. The first-order chi connectivity index (χ1) is 9.71. The van der Waals surface area contributed by atoms with Crippen molar-refractivity contribution in [3.63, 3.8) is 0 Å². The Morgan fingerprint density at radius 2 is 1.45 bits per heavy atom. The molecule has 0 saturated carbocycles. The van der Waals surface area contributed by atoms with Crippen LogP contribution in [0.25, 0.3) is 0 Å². The van der Waals surface area contributed by atoms with E-state index in [1.54, 1.807) is 0 Å². The summed E-state index contributed by atoms with van der Waals surface area (Å²) in [4.78, 5) is 0. The molecular weight excluding hydrogens is 248 g/mol. The first kappa shape index (κ1) is 18.8. The predicted molar refractivity (Wildman–Crippen MR) is 87.3 cm³/mol. The molecule has 0 aromatic rings. The SMILES string of the molecule is CC=C(CC)OC(CC=CCCCC)OC(=CC)CC. The van der Waals surface area contributed by atoms with Gasteiger partial charge >= 0.3 is 0 Å². The minimum atomic E-state index is -0.217. The second-order valence-corrected chi connectivity index (χ2v) is 4.73. The van der Waals surface area contributed by atoms with E-state index in [0.717, 1.165) is 37.2 Å². The maximum Gasteiger partial charge on any atom is 0.243 e. The molecule has 116 valence electrons. The van der Waals surface area contributed by atoms with E-state index in [1.165, 1.54) is 12.8 Å². The first-order valence-corrected chi connectivity index (χ1v) is 8.00. The Morgan fingerprint density at radius 3 is 1.85 bits per heavy atom. The molecule has 0 radical (unpaired) electrons. The highest BCUT2D eigenvalue weighted by Crippen LogP contribution is 2.16. The van der Waals surface area contributed by atoms with Gasteiger partial charge in [-0.2, -0.15) is 0 Å². The molecule has 0 aliphatic rings. The molecule has 0 unspecified atom stereocenters. The summed E-state index contributed by atoms with van der Waals surface area (Å²) in [5, 5.41) is 0. The molecule has 20 heavy (non-hydrogen) atoms. The summed E-state index contributed by atoms with van der Waals surface area (Å²) >= 11 is 0. The van der Waals surface area contributed by atoms with Gasteiger partial charge in [-0.1, -0.05) is 45.8 Å². The van der Waals surface area contributed by atoms with Crippen molar-refractivity contribution >= 4 is 0 Å². The van der Waals surface area contributed by atoms with Gasteiger partial charge in [0.05, 0.1) is 11.5 Å². The van der Waals surface area contributed by atoms with Crippen molar-refractivity contribution in [3.05, 3.63) is 35.8 Å². The van der Waals surface area contributed by atoms with Crippen LogP contribution in [-0.2, 0) is 9.47 Å². The van der Waals surface area contributed by atoms with E-state index >= 15 is 0 Å². The Kier molecular flexibility index (Phi) is 12.1. The van der Waals surface area contributed by atoms with Crippen LogP contribution in [0.3, 0.4) is 0 Å². The quantitative estimate of drug-likeness (QED) is 0.197. The Morgan fingerprint density at radius 1 is 0.900 bits per heavy atom. The van der Waals surface area contributed by atoms with Crippen LogP contribution in [0.2, 0.25) is 0 Å². The van der Waals surface area contributed by atoms with Crippen LogP contribution in [0.4, 0.5) is 0 Å². The smallest absolute Gasteiger partial charge is 0.243 e. The number of rotatable bonds is 11. The molecule has 0 aliphatic carbocycles. The fourth-order valence-corrected chi connectivity index (χ4v) is 1.82. The van der Waals surface area contributed by atoms with E-state index in [9.17, 15) is 0 Å². The van der Waals surface area contributed by atoms with Gasteiger partial charge in [-0.25, -0.2) is 0 Å². The third kappa shape index (κ3) is 8.84. The van der Waals surface area contributed by atoms with Gasteiger partial charge in [0.15, 0.2) is 0 Å². The van der Waals surface area contributed by atoms with E-state index in [0.29, 0.717) is 0 Å². The molecule has 2 heteroatoms. The molecule has 0 fully saturated rings. The third-order valence-electron chi connectivity index (χ3n) is 3.13. The molecule has 0 bridgehead atoms. The van der Waals surface area contributed by atoms with Crippen molar-refractivity contribution in [2.24, 2.45) is 0 Å². The lowest BCUT2D eigenvalue weighted by Crippen LogP contribution is -2.16. The molecule has 0 N–H and O–H groups in total. The van der Waals surface area contributed by atoms with E-state index in [2.05, 4.69) is 32.9 Å². The van der Waals surface area contributed by atoms with Crippen LogP contribution in [0.5, 0.6) is 0 Å². The molecule has 0 aromatic carbocycles. The summed E-state index contributed by atoms with van der Waals surface area (Å²) in [5.41, 5.74) is 0. The van der Waals surface area contributed by atoms with E-state index < -0.39 is 0 Å². The molecule has 0 amide bonds. The van der Waals surface area contributed by atoms with Gasteiger partial charge < -0.3 is 9.47 Å². The van der Waals surface area contributed by atoms with Crippen LogP contribution in [-0.4, -0.2) is 6.29 Å². The van der Waals surface area contributed by atoms with Crippen molar-refractivity contribution in [1.29, 1.82) is 0 Å². The average Bonchev–Trinajstić information content (AvgIpc) is 2.48. The Hall–Kier alpha value is -1.18. The zero-order valence-electron chi connectivity index (χ0n) is 13.9. The summed E-state index contributed by atoms with van der Waals surface area (Å²) < 4.78 is 11.9. The summed E-state index contributed by atoms with van der Waals surface area (Å²) in [6.45, 7) is 10.4. The molecule has 0 spiro atoms. The minimum Gasteiger partial charge on any atom is -0.459 e. The highest BCUT2D eigenvalue weighted by atomic mass is 16.7. The van der Waals surface area contributed by atoms with E-state index in [4.69, 9.17) is 9.47 Å². The molecule has 0 aliphatic heterocycles. The van der Waals surface area contributed by atoms with Gasteiger partial charge in [-0.3, -0.25) is 0 Å². The lowest BCUT2D eigenvalue weighted by atomic mass is 10.2. The second-order valence-electron chi connectivity index (χ2n) is 4.73. The van der Waals surface area contributed by atoms with Crippen LogP contribution in [0, 0.1) is 0 Å². The number of hydrogen-bond acceptors (Lipinski definition) is 2. The second kappa shape index (κ2) is 12.8. The molecule has 2 nitrogen and oxygen atoms in total. The summed E-state index contributed by atoms with van der Waals surface area (Å²) in [6, 6.07) is 0. The lowest BCUT2D eigenvalue weighted by Gasteiger charge is -2.22. The van der Waals surface area contributed by atoms with Gasteiger partial charge in [0.2, 0.25) is 6.29 Å². The Bertz CT molecular complexity index is 291. The summed E-state index contributed by atoms with van der Waals surface area (Å²) in [5.74, 6) is 1.98. The van der Waals surface area contributed by atoms with Crippen LogP contribution in [0.15, 0.2) is 35.8 Å². The molecular formula is C18H32O2. The number of allylic oxidation sites excluding steroid dienone is 5. The zero-order chi connectivity index (χ0) is 15.2. The maximum atomic E-state index is 5.94. The van der Waals surface area contributed by atoms with Gasteiger partial charge in [0, 0.05) is 19.3 Å². The highest BCUT2D eigenvalue weighted by molar-refractivity contribution is 4.94. The van der Waals surface area contributed by atoms with Gasteiger partial charge in [0.25, 0.3) is 0 Å². The lowest BCUT2D eigenvalue weighted by molar-refractivity contribution is -0.0869. The topological polar surface area (TPSA) is 18.5 Å². The number of ether oxygens (including phenoxy) is 2. The van der Waals surface area contributed by atoms with E-state index in [-0.39, 0.29) is 6.29 Å². The van der Waals surface area contributed by atoms with Crippen LogP contribution < -0.4 is 0 Å². The fourth-order valence-electron chi connectivity index (χ4n) is 1.82. The fraction of sp³-hybridized carbons (Fsp3) is 0.667. The summed E-state index contributed by atoms with van der Waals surface area (Å²) in [6.07, 6.45) is 14.4. The predicted octanol–water partition coefficient (Wildman–Crippen LogP) is 6.11. The van der Waals surface area contributed by atoms with Crippen molar-refractivity contribution in [2.45, 2.75) is 79.4 Å². The molecule has 0 heterocycles. The van der Waals surface area contributed by atoms with Gasteiger partial charge in [-0.05, 0) is 32.4 Å². The van der Waals surface area contributed by atoms with Crippen molar-refractivity contribution in [3.8, 4) is 0 Å². The first-order valence-electron chi connectivity index (χ1n) is 8.00. The van der Waals surface area contributed by atoms with Gasteiger partial charge in [0.1, 0.15) is 0 Å². The molecule has 0 saturated heterocycles. The number of unbranched alkanes of at least 4 members (excludes halogenated alkanes) is 2. The molecule has 0 rings (SSSR count). The summed E-state index contributed by atoms with van der Waals surface area (Å²) in [7, 11) is 0. The molecule has 0 aromatic heterocycles. The van der Waals surface area contributed by atoms with Crippen LogP contribution in [0.1, 0.15) is 73.1 Å². The van der Waals surface area contributed by atoms with Crippen LogP contribution >= 0.6 is 0 Å². The largest absolute Gasteiger partial charge is 0.459 e. The van der Waals surface area contributed by atoms with Crippen molar-refractivity contribution < 1.29 is 9.47 Å². The van der Waals surface area contributed by atoms with Crippen molar-refractivity contribution in [2.75, 3.05) is 0 Å². The Labute approximate surface area is 125 Å². The highest BCUT2D eigenvalue weighted by Gasteiger charge is 2.11. The standard InChI is InChI=1S/C18H32O2/c1-6-11-12-13-14-15-18(19-16(7-2)8-3)20-17(9-4)10-5/h7,9,13-14,18H,6,8,10-12,15H2,1-5H3. The Balaban J connectivity index is 4.49. The zero-order valence-corrected chi connectivity index (χ0v) is 13.9. The van der Waals surface area contributed by atoms with E-state index in [1.807, 2.05) is 26.0 Å².